The van der Waals surface area contributed by atoms with Crippen LogP contribution >= 0.6 is 0 Å². The van der Waals surface area contributed by atoms with E-state index < -0.39 is 6.17 Å². The Morgan fingerprint density at radius 2 is 0.862 bits per heavy atom. The molecule has 1 aromatic heterocycles. The van der Waals surface area contributed by atoms with Crippen LogP contribution in [0.2, 0.25) is 0 Å². The van der Waals surface area contributed by atoms with Crippen LogP contribution in [0.25, 0.3) is 27.5 Å². The predicted octanol–water partition coefficient (Wildman–Crippen LogP) is 14.4. The van der Waals surface area contributed by atoms with Gasteiger partial charge in [0.25, 0.3) is 0 Å². The van der Waals surface area contributed by atoms with Crippen LogP contribution in [0, 0.1) is 13.8 Å². The number of fused-ring (bicyclic) bond motifs is 3. The first-order valence-corrected chi connectivity index (χ1v) is 22.3. The summed E-state index contributed by atoms with van der Waals surface area (Å²) in [5.74, 6) is 0. The minimum atomic E-state index is -0.427. The van der Waals surface area contributed by atoms with Crippen LogP contribution in [0.3, 0.4) is 0 Å². The molecule has 0 saturated carbocycles. The molecule has 0 aliphatic heterocycles. The van der Waals surface area contributed by atoms with Crippen molar-refractivity contribution < 1.29 is 0 Å². The van der Waals surface area contributed by atoms with Gasteiger partial charge in [0.15, 0.2) is 0 Å². The van der Waals surface area contributed by atoms with Crippen molar-refractivity contribution in [1.29, 1.82) is 0 Å². The molecule has 10 aromatic rings. The number of hydrogen-bond donors (Lipinski definition) is 3. The van der Waals surface area contributed by atoms with Gasteiger partial charge in [-0.25, -0.2) is 0 Å². The lowest BCUT2D eigenvalue weighted by atomic mass is 10.0. The fourth-order valence-corrected chi connectivity index (χ4v) is 9.14. The Morgan fingerprint density at radius 3 is 1.31 bits per heavy atom. The molecular formula is C59H52N6. The molecule has 0 bridgehead atoms. The number of nitrogens with one attached hydrogen (secondary N) is 2. The average molecular weight is 845 g/mol. The number of para-hydroxylation sites is 4. The van der Waals surface area contributed by atoms with Crippen LogP contribution in [0.4, 0.5) is 34.1 Å². The zero-order chi connectivity index (χ0) is 44.1. The maximum absolute atomic E-state index is 7.14. The van der Waals surface area contributed by atoms with Crippen molar-refractivity contribution in [3.63, 3.8) is 0 Å². The zero-order valence-corrected chi connectivity index (χ0v) is 36.7. The number of hydrogen-bond acceptors (Lipinski definition) is 5. The first kappa shape index (κ1) is 41.3. The monoisotopic (exact) mass is 844 g/mol. The molecule has 2 atom stereocenters. The summed E-state index contributed by atoms with van der Waals surface area (Å²) in [7, 11) is 0. The number of nitrogens with zero attached hydrogens (tertiary/aromatic N) is 3. The highest BCUT2D eigenvalue weighted by Gasteiger charge is 2.23. The van der Waals surface area contributed by atoms with Gasteiger partial charge in [0.05, 0.1) is 23.4 Å². The molecule has 0 aliphatic carbocycles. The molecule has 6 nitrogen and oxygen atoms in total. The van der Waals surface area contributed by atoms with E-state index in [1.807, 2.05) is 12.1 Å². The van der Waals surface area contributed by atoms with Crippen molar-refractivity contribution in [3.8, 4) is 5.69 Å². The van der Waals surface area contributed by atoms with Gasteiger partial charge >= 0.3 is 0 Å². The van der Waals surface area contributed by atoms with Gasteiger partial charge in [-0.1, -0.05) is 140 Å². The SMILES string of the molecule is Cc1cc(-n2c3ccc(N(c4ccccc4)c4ccccc4)cc3c3cc(N(c4ccccc4)c4ccccc4)ccc32)c(C)cc1C(N)NC(NCc1ccccc1)c1ccccc1. The van der Waals surface area contributed by atoms with Gasteiger partial charge in [0.2, 0.25) is 0 Å². The highest BCUT2D eigenvalue weighted by Crippen LogP contribution is 2.43. The fraction of sp³-hybridized carbons (Fsp3) is 0.0847. The standard InChI is InChI=1S/C59H52N6/c1-42-38-57(43(2)37-52(42)58(60)62-59(45-23-11-4-12-24-45)61-41-44-21-9-3-10-22-44)65-55-35-33-50(63(46-25-13-5-14-26-46)47-27-15-6-16-28-47)39-53(55)54-40-51(34-36-56(54)65)64(48-29-17-7-18-30-48)49-31-19-8-20-32-49/h3-40,58-59,61-62H,41,60H2,1-2H3. The van der Waals surface area contributed by atoms with Crippen molar-refractivity contribution in [1.82, 2.24) is 15.2 Å². The summed E-state index contributed by atoms with van der Waals surface area (Å²) in [5, 5.41) is 9.78. The maximum atomic E-state index is 7.14. The molecule has 1 heterocycles. The molecular weight excluding hydrogens is 793 g/mol. The number of benzene rings is 9. The van der Waals surface area contributed by atoms with Gasteiger partial charge in [-0.2, -0.15) is 0 Å². The van der Waals surface area contributed by atoms with E-state index in [0.29, 0.717) is 6.54 Å². The molecule has 0 saturated heterocycles. The van der Waals surface area contributed by atoms with E-state index in [2.05, 4.69) is 257 Å². The van der Waals surface area contributed by atoms with Crippen molar-refractivity contribution in [2.45, 2.75) is 32.7 Å². The van der Waals surface area contributed by atoms with Crippen LogP contribution < -0.4 is 26.2 Å². The van der Waals surface area contributed by atoms with Gasteiger partial charge in [-0.3, -0.25) is 10.6 Å². The third-order valence-electron chi connectivity index (χ3n) is 12.3. The van der Waals surface area contributed by atoms with Crippen molar-refractivity contribution >= 4 is 55.9 Å². The Hall–Kier alpha value is -7.74. The molecule has 4 N–H and O–H groups in total. The number of anilines is 6. The normalized spacial score (nSPS) is 12.3. The quantitative estimate of drug-likeness (QED) is 0.0952. The van der Waals surface area contributed by atoms with E-state index in [1.165, 1.54) is 5.56 Å². The molecule has 6 heteroatoms. The van der Waals surface area contributed by atoms with Crippen molar-refractivity contribution in [3.05, 3.63) is 258 Å². The van der Waals surface area contributed by atoms with E-state index in [0.717, 1.165) is 83.9 Å². The van der Waals surface area contributed by atoms with E-state index >= 15 is 0 Å². The van der Waals surface area contributed by atoms with Gasteiger partial charge in [-0.05, 0) is 133 Å². The minimum absolute atomic E-state index is 0.163. The second-order valence-corrected chi connectivity index (χ2v) is 16.6. The molecule has 0 radical (unpaired) electrons. The van der Waals surface area contributed by atoms with Crippen molar-refractivity contribution in [2.24, 2.45) is 5.73 Å². The Morgan fingerprint density at radius 1 is 0.446 bits per heavy atom. The number of aromatic nitrogens is 1. The minimum Gasteiger partial charge on any atom is -0.312 e. The molecule has 0 aliphatic rings. The Kier molecular flexibility index (Phi) is 11.8. The van der Waals surface area contributed by atoms with E-state index in [9.17, 15) is 0 Å². The number of rotatable bonds is 14. The molecule has 2 unspecified atom stereocenters. The highest BCUT2D eigenvalue weighted by atomic mass is 15.2. The van der Waals surface area contributed by atoms with Crippen LogP contribution in [-0.2, 0) is 6.54 Å². The van der Waals surface area contributed by atoms with Crippen LogP contribution in [-0.4, -0.2) is 4.57 Å². The summed E-state index contributed by atoms with van der Waals surface area (Å²) in [6.07, 6.45) is -0.590. The van der Waals surface area contributed by atoms with Gasteiger partial charge in [0, 0.05) is 57.1 Å². The van der Waals surface area contributed by atoms with Crippen LogP contribution in [0.15, 0.2) is 231 Å². The smallest absolute Gasteiger partial charge is 0.0852 e. The summed E-state index contributed by atoms with van der Waals surface area (Å²) in [4.78, 5) is 4.67. The third kappa shape index (κ3) is 8.54. The summed E-state index contributed by atoms with van der Waals surface area (Å²) in [5.41, 5.74) is 22.7. The van der Waals surface area contributed by atoms with Gasteiger partial charge in [0.1, 0.15) is 0 Å². The number of aryl methyl sites for hydroxylation is 2. The fourth-order valence-electron chi connectivity index (χ4n) is 9.14. The van der Waals surface area contributed by atoms with E-state index in [-0.39, 0.29) is 6.17 Å². The molecule has 10 rings (SSSR count). The summed E-state index contributed by atoms with van der Waals surface area (Å²) in [6, 6.07) is 81.8. The predicted molar refractivity (Wildman–Crippen MR) is 272 cm³/mol. The van der Waals surface area contributed by atoms with E-state index in [4.69, 9.17) is 5.73 Å². The lowest BCUT2D eigenvalue weighted by molar-refractivity contribution is 0.385. The molecule has 9 aromatic carbocycles. The zero-order valence-electron chi connectivity index (χ0n) is 36.7. The average Bonchev–Trinajstić information content (AvgIpc) is 3.68. The Balaban J connectivity index is 1.10. The maximum Gasteiger partial charge on any atom is 0.0852 e. The summed E-state index contributed by atoms with van der Waals surface area (Å²) >= 11 is 0. The van der Waals surface area contributed by atoms with Gasteiger partial charge in [-0.15, -0.1) is 0 Å². The Labute approximate surface area is 381 Å². The van der Waals surface area contributed by atoms with Gasteiger partial charge < -0.3 is 20.1 Å². The largest absolute Gasteiger partial charge is 0.312 e. The second kappa shape index (κ2) is 18.5. The van der Waals surface area contributed by atoms with Crippen LogP contribution in [0.5, 0.6) is 0 Å². The van der Waals surface area contributed by atoms with Crippen molar-refractivity contribution in [2.75, 3.05) is 9.80 Å². The molecule has 0 spiro atoms. The molecule has 0 amide bonds. The highest BCUT2D eigenvalue weighted by molar-refractivity contribution is 6.12. The summed E-state index contributed by atoms with van der Waals surface area (Å²) in [6.45, 7) is 5.08. The first-order valence-electron chi connectivity index (χ1n) is 22.3. The topological polar surface area (TPSA) is 61.5 Å². The van der Waals surface area contributed by atoms with Crippen LogP contribution in [0.1, 0.15) is 40.1 Å². The third-order valence-corrected chi connectivity index (χ3v) is 12.3. The Bertz CT molecular complexity index is 2940. The van der Waals surface area contributed by atoms with E-state index in [1.54, 1.807) is 0 Å². The second-order valence-electron chi connectivity index (χ2n) is 16.6. The first-order chi connectivity index (χ1) is 32.0. The molecule has 65 heavy (non-hydrogen) atoms. The molecule has 0 fully saturated rings. The lowest BCUT2D eigenvalue weighted by Crippen LogP contribution is -2.40. The number of nitrogens with two attached hydrogens (primary N) is 1. The molecule has 318 valence electrons. The summed E-state index contributed by atoms with van der Waals surface area (Å²) < 4.78 is 2.43. The lowest BCUT2D eigenvalue weighted by Gasteiger charge is -2.27.